The third-order valence-corrected chi connectivity index (χ3v) is 4.43. The number of hydrogen-bond donors (Lipinski definition) is 1. The summed E-state index contributed by atoms with van der Waals surface area (Å²) in [6.45, 7) is 5.53. The van der Waals surface area contributed by atoms with Crippen LogP contribution in [0.3, 0.4) is 0 Å². The molecule has 2 heteroatoms. The molecule has 94 valence electrons. The second-order valence-corrected chi connectivity index (χ2v) is 5.60. The van der Waals surface area contributed by atoms with Gasteiger partial charge in [-0.25, -0.2) is 0 Å². The summed E-state index contributed by atoms with van der Waals surface area (Å²) in [6, 6.07) is 0.810. The largest absolute Gasteiger partial charge is 0.381 e. The van der Waals surface area contributed by atoms with Gasteiger partial charge >= 0.3 is 0 Å². The number of ether oxygens (including phenoxy) is 1. The molecule has 0 aromatic rings. The molecule has 16 heavy (non-hydrogen) atoms. The summed E-state index contributed by atoms with van der Waals surface area (Å²) < 4.78 is 5.40. The minimum atomic E-state index is 0.810. The number of rotatable bonds is 5. The van der Waals surface area contributed by atoms with E-state index in [0.29, 0.717) is 0 Å². The van der Waals surface area contributed by atoms with Gasteiger partial charge in [-0.2, -0.15) is 0 Å². The van der Waals surface area contributed by atoms with Crippen molar-refractivity contribution in [2.75, 3.05) is 19.8 Å². The molecule has 1 unspecified atom stereocenters. The van der Waals surface area contributed by atoms with E-state index in [1.807, 2.05) is 0 Å². The fourth-order valence-corrected chi connectivity index (χ4v) is 3.08. The molecule has 0 amide bonds. The smallest absolute Gasteiger partial charge is 0.0495 e. The number of hydrogen-bond acceptors (Lipinski definition) is 2. The van der Waals surface area contributed by atoms with Crippen LogP contribution in [0.4, 0.5) is 0 Å². The summed E-state index contributed by atoms with van der Waals surface area (Å²) in [5.74, 6) is 1.85. The van der Waals surface area contributed by atoms with Crippen LogP contribution < -0.4 is 5.32 Å². The minimum Gasteiger partial charge on any atom is -0.381 e. The normalized spacial score (nSPS) is 35.4. The van der Waals surface area contributed by atoms with E-state index in [1.165, 1.54) is 51.5 Å². The van der Waals surface area contributed by atoms with E-state index in [-0.39, 0.29) is 0 Å². The van der Waals surface area contributed by atoms with Crippen molar-refractivity contribution >= 4 is 0 Å². The van der Waals surface area contributed by atoms with E-state index in [2.05, 4.69) is 12.2 Å². The third kappa shape index (κ3) is 3.74. The topological polar surface area (TPSA) is 21.3 Å². The molecule has 0 spiro atoms. The maximum absolute atomic E-state index is 5.40. The second-order valence-electron chi connectivity index (χ2n) is 5.60. The molecule has 1 aliphatic heterocycles. The summed E-state index contributed by atoms with van der Waals surface area (Å²) in [5, 5.41) is 3.74. The Morgan fingerprint density at radius 2 is 1.88 bits per heavy atom. The first-order valence-electron chi connectivity index (χ1n) is 7.19. The lowest BCUT2D eigenvalue weighted by Gasteiger charge is -2.28. The lowest BCUT2D eigenvalue weighted by molar-refractivity contribution is 0.183. The molecule has 0 bridgehead atoms. The molecule has 1 heterocycles. The van der Waals surface area contributed by atoms with Gasteiger partial charge in [0.1, 0.15) is 0 Å². The van der Waals surface area contributed by atoms with E-state index < -0.39 is 0 Å². The van der Waals surface area contributed by atoms with Crippen molar-refractivity contribution in [1.82, 2.24) is 5.32 Å². The van der Waals surface area contributed by atoms with Gasteiger partial charge in [0.15, 0.2) is 0 Å². The van der Waals surface area contributed by atoms with Crippen LogP contribution in [0, 0.1) is 11.8 Å². The summed E-state index contributed by atoms with van der Waals surface area (Å²) in [7, 11) is 0. The van der Waals surface area contributed by atoms with Crippen LogP contribution in [0.15, 0.2) is 0 Å². The standard InChI is InChI=1S/C14H27NO/c1-2-12-3-5-14(6-4-12)15-9-7-13-8-10-16-11-13/h12-15H,2-11H2,1H3. The molecule has 2 nitrogen and oxygen atoms in total. The molecule has 2 fully saturated rings. The Hall–Kier alpha value is -0.0800. The second kappa shape index (κ2) is 6.61. The van der Waals surface area contributed by atoms with Crippen LogP contribution in [-0.4, -0.2) is 25.8 Å². The Bertz CT molecular complexity index is 181. The van der Waals surface area contributed by atoms with Crippen LogP contribution in [0.5, 0.6) is 0 Å². The maximum atomic E-state index is 5.40. The summed E-state index contributed by atoms with van der Waals surface area (Å²) in [5.41, 5.74) is 0. The first kappa shape index (κ1) is 12.4. The van der Waals surface area contributed by atoms with Gasteiger partial charge in [0, 0.05) is 19.3 Å². The van der Waals surface area contributed by atoms with E-state index in [4.69, 9.17) is 4.74 Å². The molecule has 0 radical (unpaired) electrons. The van der Waals surface area contributed by atoms with Gasteiger partial charge in [-0.05, 0) is 56.9 Å². The van der Waals surface area contributed by atoms with Crippen LogP contribution in [0.2, 0.25) is 0 Å². The van der Waals surface area contributed by atoms with Gasteiger partial charge in [0.05, 0.1) is 0 Å². The Balaban J connectivity index is 1.53. The fraction of sp³-hybridized carbons (Fsp3) is 1.00. The molecule has 2 rings (SSSR count). The summed E-state index contributed by atoms with van der Waals surface area (Å²) >= 11 is 0. The molecule has 1 saturated heterocycles. The average molecular weight is 225 g/mol. The van der Waals surface area contributed by atoms with E-state index in [0.717, 1.165) is 31.1 Å². The van der Waals surface area contributed by atoms with Crippen molar-refractivity contribution in [3.05, 3.63) is 0 Å². The Kier molecular flexibility index (Phi) is 5.11. The van der Waals surface area contributed by atoms with Crippen molar-refractivity contribution in [3.63, 3.8) is 0 Å². The molecule has 0 aromatic heterocycles. The molecule has 1 saturated carbocycles. The van der Waals surface area contributed by atoms with Crippen molar-refractivity contribution in [2.45, 2.75) is 57.9 Å². The first-order chi connectivity index (χ1) is 7.88. The van der Waals surface area contributed by atoms with E-state index >= 15 is 0 Å². The van der Waals surface area contributed by atoms with E-state index in [9.17, 15) is 0 Å². The van der Waals surface area contributed by atoms with Crippen LogP contribution in [-0.2, 0) is 4.74 Å². The van der Waals surface area contributed by atoms with Gasteiger partial charge in [0.2, 0.25) is 0 Å². The zero-order chi connectivity index (χ0) is 11.2. The molecule has 1 aliphatic carbocycles. The van der Waals surface area contributed by atoms with Gasteiger partial charge in [-0.1, -0.05) is 13.3 Å². The first-order valence-corrected chi connectivity index (χ1v) is 7.19. The van der Waals surface area contributed by atoms with Crippen molar-refractivity contribution in [1.29, 1.82) is 0 Å². The molecular weight excluding hydrogens is 198 g/mol. The predicted molar refractivity (Wildman–Crippen MR) is 67.6 cm³/mol. The van der Waals surface area contributed by atoms with Crippen LogP contribution in [0.25, 0.3) is 0 Å². The maximum Gasteiger partial charge on any atom is 0.0495 e. The average Bonchev–Trinajstić information content (AvgIpc) is 2.83. The summed E-state index contributed by atoms with van der Waals surface area (Å²) in [4.78, 5) is 0. The van der Waals surface area contributed by atoms with Crippen molar-refractivity contribution in [3.8, 4) is 0 Å². The van der Waals surface area contributed by atoms with Gasteiger partial charge < -0.3 is 10.1 Å². The zero-order valence-electron chi connectivity index (χ0n) is 10.7. The Morgan fingerprint density at radius 1 is 1.06 bits per heavy atom. The minimum absolute atomic E-state index is 0.810. The van der Waals surface area contributed by atoms with Crippen LogP contribution >= 0.6 is 0 Å². The van der Waals surface area contributed by atoms with Gasteiger partial charge in [0.25, 0.3) is 0 Å². The predicted octanol–water partition coefficient (Wildman–Crippen LogP) is 2.97. The van der Waals surface area contributed by atoms with Gasteiger partial charge in [-0.15, -0.1) is 0 Å². The monoisotopic (exact) mass is 225 g/mol. The van der Waals surface area contributed by atoms with Crippen LogP contribution in [0.1, 0.15) is 51.9 Å². The highest BCUT2D eigenvalue weighted by Crippen LogP contribution is 2.26. The lowest BCUT2D eigenvalue weighted by Crippen LogP contribution is -2.34. The van der Waals surface area contributed by atoms with Crippen molar-refractivity contribution in [2.24, 2.45) is 11.8 Å². The molecule has 0 aromatic carbocycles. The molecule has 1 N–H and O–H groups in total. The molecular formula is C14H27NO. The van der Waals surface area contributed by atoms with Gasteiger partial charge in [-0.3, -0.25) is 0 Å². The van der Waals surface area contributed by atoms with E-state index in [1.54, 1.807) is 0 Å². The van der Waals surface area contributed by atoms with Crippen molar-refractivity contribution < 1.29 is 4.74 Å². The highest BCUT2D eigenvalue weighted by atomic mass is 16.5. The molecule has 2 aliphatic rings. The highest BCUT2D eigenvalue weighted by molar-refractivity contribution is 4.77. The Morgan fingerprint density at radius 3 is 2.50 bits per heavy atom. The third-order valence-electron chi connectivity index (χ3n) is 4.43. The lowest BCUT2D eigenvalue weighted by atomic mass is 9.84. The Labute approximate surface area is 100 Å². The fourth-order valence-electron chi connectivity index (χ4n) is 3.08. The quantitative estimate of drug-likeness (QED) is 0.776. The summed E-state index contributed by atoms with van der Waals surface area (Å²) in [6.07, 6.45) is 9.67. The zero-order valence-corrected chi connectivity index (χ0v) is 10.7. The number of nitrogens with one attached hydrogen (secondary N) is 1. The SMILES string of the molecule is CCC1CCC(NCCC2CCOC2)CC1. The highest BCUT2D eigenvalue weighted by Gasteiger charge is 2.20. The molecule has 1 atom stereocenters.